The van der Waals surface area contributed by atoms with E-state index in [2.05, 4.69) is 0 Å². The number of hydrogen-bond donors (Lipinski definition) is 1. The molecule has 0 spiro atoms. The topological polar surface area (TPSA) is 37.3 Å². The highest BCUT2D eigenvalue weighted by atomic mass is 16.3. The van der Waals surface area contributed by atoms with Gasteiger partial charge in [0.1, 0.15) is 5.75 Å². The van der Waals surface area contributed by atoms with E-state index in [4.69, 9.17) is 0 Å². The van der Waals surface area contributed by atoms with E-state index in [9.17, 15) is 9.90 Å². The highest BCUT2D eigenvalue weighted by Crippen LogP contribution is 2.36. The zero-order valence-corrected chi connectivity index (χ0v) is 8.50. The third-order valence-corrected chi connectivity index (χ3v) is 3.09. The van der Waals surface area contributed by atoms with Gasteiger partial charge in [-0.2, -0.15) is 0 Å². The van der Waals surface area contributed by atoms with Gasteiger partial charge in [-0.3, -0.25) is 4.79 Å². The standard InChI is InChI=1S/C12H14O2/c1-3-8-6-9-7(2)4-5-10(13)11(9)12(8)14/h4-5,8,13H,3,6H2,1-2H3. The van der Waals surface area contributed by atoms with Crippen molar-refractivity contribution in [1.82, 2.24) is 0 Å². The maximum atomic E-state index is 11.8. The van der Waals surface area contributed by atoms with E-state index >= 15 is 0 Å². The van der Waals surface area contributed by atoms with E-state index < -0.39 is 0 Å². The molecule has 0 aliphatic heterocycles. The van der Waals surface area contributed by atoms with Crippen molar-refractivity contribution < 1.29 is 9.90 Å². The summed E-state index contributed by atoms with van der Waals surface area (Å²) in [5.41, 5.74) is 2.72. The Morgan fingerprint density at radius 1 is 1.50 bits per heavy atom. The van der Waals surface area contributed by atoms with E-state index in [1.807, 2.05) is 19.9 Å². The number of carbonyl (C=O) groups excluding carboxylic acids is 1. The molecular weight excluding hydrogens is 176 g/mol. The van der Waals surface area contributed by atoms with Crippen LogP contribution < -0.4 is 0 Å². The maximum Gasteiger partial charge on any atom is 0.170 e. The largest absolute Gasteiger partial charge is 0.507 e. The Balaban J connectivity index is 2.58. The monoisotopic (exact) mass is 190 g/mol. The lowest BCUT2D eigenvalue weighted by Crippen LogP contribution is -2.06. The van der Waals surface area contributed by atoms with Crippen LogP contribution in [0.4, 0.5) is 0 Å². The molecule has 2 nitrogen and oxygen atoms in total. The maximum absolute atomic E-state index is 11.8. The average molecular weight is 190 g/mol. The predicted molar refractivity (Wildman–Crippen MR) is 54.7 cm³/mol. The van der Waals surface area contributed by atoms with Gasteiger partial charge in [-0.05, 0) is 37.0 Å². The Kier molecular flexibility index (Phi) is 2.06. The van der Waals surface area contributed by atoms with Crippen LogP contribution in [0.15, 0.2) is 12.1 Å². The van der Waals surface area contributed by atoms with Crippen LogP contribution in [-0.4, -0.2) is 10.9 Å². The summed E-state index contributed by atoms with van der Waals surface area (Å²) in [5.74, 6) is 0.340. The van der Waals surface area contributed by atoms with Gasteiger partial charge in [0.25, 0.3) is 0 Å². The second kappa shape index (κ2) is 3.12. The summed E-state index contributed by atoms with van der Waals surface area (Å²) >= 11 is 0. The molecule has 1 aromatic carbocycles. The highest BCUT2D eigenvalue weighted by Gasteiger charge is 2.32. The van der Waals surface area contributed by atoms with Crippen LogP contribution in [0.25, 0.3) is 0 Å². The molecule has 0 amide bonds. The Labute approximate surface area is 83.6 Å². The number of carbonyl (C=O) groups is 1. The fraction of sp³-hybridized carbons (Fsp3) is 0.417. The van der Waals surface area contributed by atoms with Crippen LogP contribution in [0.5, 0.6) is 5.75 Å². The van der Waals surface area contributed by atoms with Gasteiger partial charge in [0.2, 0.25) is 0 Å². The quantitative estimate of drug-likeness (QED) is 0.738. The molecule has 2 heteroatoms. The molecule has 74 valence electrons. The van der Waals surface area contributed by atoms with Crippen molar-refractivity contribution >= 4 is 5.78 Å². The lowest BCUT2D eigenvalue weighted by molar-refractivity contribution is 0.0932. The average Bonchev–Trinajstić information content (AvgIpc) is 2.51. The van der Waals surface area contributed by atoms with Gasteiger partial charge in [-0.15, -0.1) is 0 Å². The third-order valence-electron chi connectivity index (χ3n) is 3.09. The molecule has 0 saturated heterocycles. The van der Waals surface area contributed by atoms with Crippen molar-refractivity contribution in [2.24, 2.45) is 5.92 Å². The highest BCUT2D eigenvalue weighted by molar-refractivity contribution is 6.04. The minimum Gasteiger partial charge on any atom is -0.507 e. The van der Waals surface area contributed by atoms with Crippen LogP contribution in [-0.2, 0) is 6.42 Å². The molecule has 0 fully saturated rings. The van der Waals surface area contributed by atoms with Crippen LogP contribution in [0.1, 0.15) is 34.8 Å². The molecule has 1 N–H and O–H groups in total. The summed E-state index contributed by atoms with van der Waals surface area (Å²) < 4.78 is 0. The van der Waals surface area contributed by atoms with Crippen LogP contribution in [0, 0.1) is 12.8 Å². The van der Waals surface area contributed by atoms with E-state index in [1.165, 1.54) is 0 Å². The van der Waals surface area contributed by atoms with Gasteiger partial charge >= 0.3 is 0 Å². The van der Waals surface area contributed by atoms with Gasteiger partial charge in [-0.25, -0.2) is 0 Å². The molecule has 0 bridgehead atoms. The molecule has 0 aromatic heterocycles. The van der Waals surface area contributed by atoms with Gasteiger partial charge in [0.05, 0.1) is 5.56 Å². The van der Waals surface area contributed by atoms with E-state index in [0.29, 0.717) is 5.56 Å². The zero-order valence-electron chi connectivity index (χ0n) is 8.50. The number of phenols is 1. The van der Waals surface area contributed by atoms with Crippen molar-refractivity contribution in [1.29, 1.82) is 0 Å². The first kappa shape index (κ1) is 9.25. The lowest BCUT2D eigenvalue weighted by atomic mass is 10.0. The van der Waals surface area contributed by atoms with Crippen molar-refractivity contribution in [3.05, 3.63) is 28.8 Å². The Morgan fingerprint density at radius 3 is 2.79 bits per heavy atom. The van der Waals surface area contributed by atoms with E-state index in [0.717, 1.165) is 24.0 Å². The summed E-state index contributed by atoms with van der Waals surface area (Å²) in [6.45, 7) is 4.00. The minimum absolute atomic E-state index is 0.0806. The molecule has 0 heterocycles. The molecule has 0 radical (unpaired) electrons. The second-order valence-corrected chi connectivity index (χ2v) is 3.93. The first-order chi connectivity index (χ1) is 6.65. The van der Waals surface area contributed by atoms with E-state index in [1.54, 1.807) is 6.07 Å². The summed E-state index contributed by atoms with van der Waals surface area (Å²) in [5, 5.41) is 9.62. The molecule has 2 rings (SSSR count). The predicted octanol–water partition coefficient (Wildman–Crippen LogP) is 2.47. The SMILES string of the molecule is CCC1Cc2c(C)ccc(O)c2C1=O. The number of phenolic OH excluding ortho intramolecular Hbond substituents is 1. The number of benzene rings is 1. The molecule has 1 aromatic rings. The van der Waals surface area contributed by atoms with Crippen molar-refractivity contribution in [3.63, 3.8) is 0 Å². The van der Waals surface area contributed by atoms with Gasteiger partial charge in [-0.1, -0.05) is 13.0 Å². The number of fused-ring (bicyclic) bond motifs is 1. The number of rotatable bonds is 1. The molecule has 1 aliphatic carbocycles. The smallest absolute Gasteiger partial charge is 0.170 e. The molecule has 1 atom stereocenters. The number of aryl methyl sites for hydroxylation is 1. The molecule has 1 unspecified atom stereocenters. The van der Waals surface area contributed by atoms with Gasteiger partial charge in [0, 0.05) is 5.92 Å². The summed E-state index contributed by atoms with van der Waals surface area (Å²) in [4.78, 5) is 11.8. The van der Waals surface area contributed by atoms with Crippen molar-refractivity contribution in [3.8, 4) is 5.75 Å². The van der Waals surface area contributed by atoms with Gasteiger partial charge in [0.15, 0.2) is 5.78 Å². The van der Waals surface area contributed by atoms with Crippen LogP contribution in [0.3, 0.4) is 0 Å². The molecule has 14 heavy (non-hydrogen) atoms. The second-order valence-electron chi connectivity index (χ2n) is 3.93. The van der Waals surface area contributed by atoms with Crippen LogP contribution in [0.2, 0.25) is 0 Å². The number of hydrogen-bond acceptors (Lipinski definition) is 2. The fourth-order valence-electron chi connectivity index (χ4n) is 2.15. The Morgan fingerprint density at radius 2 is 2.21 bits per heavy atom. The van der Waals surface area contributed by atoms with E-state index in [-0.39, 0.29) is 17.5 Å². The Bertz CT molecular complexity index is 394. The zero-order chi connectivity index (χ0) is 10.3. The minimum atomic E-state index is 0.0806. The van der Waals surface area contributed by atoms with Gasteiger partial charge < -0.3 is 5.11 Å². The van der Waals surface area contributed by atoms with Crippen LogP contribution >= 0.6 is 0 Å². The van der Waals surface area contributed by atoms with Crippen molar-refractivity contribution in [2.45, 2.75) is 26.7 Å². The number of ketones is 1. The first-order valence-electron chi connectivity index (χ1n) is 5.00. The molecule has 1 aliphatic rings. The first-order valence-corrected chi connectivity index (χ1v) is 5.00. The summed E-state index contributed by atoms with van der Waals surface area (Å²) in [7, 11) is 0. The van der Waals surface area contributed by atoms with Crippen molar-refractivity contribution in [2.75, 3.05) is 0 Å². The fourth-order valence-corrected chi connectivity index (χ4v) is 2.15. The lowest BCUT2D eigenvalue weighted by Gasteiger charge is -2.03. The number of aromatic hydroxyl groups is 1. The summed E-state index contributed by atoms with van der Waals surface area (Å²) in [6.07, 6.45) is 1.65. The molecule has 0 saturated carbocycles. The number of Topliss-reactive ketones (excluding diaryl/α,β-unsaturated/α-hetero) is 1. The third kappa shape index (κ3) is 1.14. The molecular formula is C12H14O2. The summed E-state index contributed by atoms with van der Waals surface area (Å²) in [6, 6.07) is 3.49. The Hall–Kier alpha value is -1.31. The normalized spacial score (nSPS) is 19.9.